The summed E-state index contributed by atoms with van der Waals surface area (Å²) in [7, 11) is 1.75. The lowest BCUT2D eigenvalue weighted by molar-refractivity contribution is -0.120. The van der Waals surface area contributed by atoms with Gasteiger partial charge in [0.2, 0.25) is 5.91 Å². The molecule has 0 aromatic rings. The number of unbranched alkanes of at least 4 members (excludes halogenated alkanes) is 2. The Morgan fingerprint density at radius 3 is 2.83 bits per heavy atom. The van der Waals surface area contributed by atoms with Gasteiger partial charge in [0.15, 0.2) is 0 Å². The van der Waals surface area contributed by atoms with Gasteiger partial charge in [-0.3, -0.25) is 4.79 Å². The van der Waals surface area contributed by atoms with Crippen molar-refractivity contribution in [1.82, 2.24) is 10.6 Å². The van der Waals surface area contributed by atoms with Gasteiger partial charge in [0.05, 0.1) is 6.54 Å². The molecule has 3 nitrogen and oxygen atoms in total. The van der Waals surface area contributed by atoms with Crippen LogP contribution in [0.3, 0.4) is 0 Å². The molecule has 0 radical (unpaired) electrons. The maximum Gasteiger partial charge on any atom is 0.233 e. The first-order chi connectivity index (χ1) is 5.81. The smallest absolute Gasteiger partial charge is 0.233 e. The third-order valence-corrected chi connectivity index (χ3v) is 1.41. The van der Waals surface area contributed by atoms with Crippen LogP contribution in [0.2, 0.25) is 0 Å². The van der Waals surface area contributed by atoms with Crippen LogP contribution < -0.4 is 10.6 Å². The second kappa shape index (κ2) is 8.09. The number of rotatable bonds is 6. The minimum Gasteiger partial charge on any atom is -0.355 e. The maximum atomic E-state index is 10.9. The maximum absolute atomic E-state index is 10.9. The number of nitrogens with one attached hydrogen (secondary N) is 2. The Bertz CT molecular complexity index is 160. The molecule has 2 N–H and O–H groups in total. The number of carbonyl (C=O) groups is 1. The predicted octanol–water partition coefficient (Wildman–Crippen LogP) is 0.125. The molecule has 68 valence electrons. The normalized spacial score (nSPS) is 9.00. The average molecular weight is 168 g/mol. The fraction of sp³-hybridized carbons (Fsp3) is 0.667. The van der Waals surface area contributed by atoms with Crippen molar-refractivity contribution in [3.8, 4) is 12.3 Å². The summed E-state index contributed by atoms with van der Waals surface area (Å²) in [5.41, 5.74) is 0. The second-order valence-electron chi connectivity index (χ2n) is 2.54. The van der Waals surface area contributed by atoms with Gasteiger partial charge in [-0.1, -0.05) is 0 Å². The molecule has 0 aliphatic heterocycles. The highest BCUT2D eigenvalue weighted by atomic mass is 16.1. The van der Waals surface area contributed by atoms with Crippen LogP contribution in [0.1, 0.15) is 19.3 Å². The fourth-order valence-corrected chi connectivity index (χ4v) is 0.803. The molecule has 0 aromatic carbocycles. The number of carbonyl (C=O) groups excluding carboxylic acids is 1. The summed E-state index contributed by atoms with van der Waals surface area (Å²) in [4.78, 5) is 10.9. The van der Waals surface area contributed by atoms with Crippen LogP contribution in [0.25, 0.3) is 0 Å². The quantitative estimate of drug-likeness (QED) is 0.437. The summed E-state index contributed by atoms with van der Waals surface area (Å²) in [6.07, 6.45) is 7.80. The van der Waals surface area contributed by atoms with Crippen LogP contribution >= 0.6 is 0 Å². The first kappa shape index (κ1) is 11.0. The Hall–Kier alpha value is -1.01. The molecule has 1 amide bonds. The van der Waals surface area contributed by atoms with Crippen molar-refractivity contribution in [2.45, 2.75) is 19.3 Å². The van der Waals surface area contributed by atoms with Crippen molar-refractivity contribution < 1.29 is 4.79 Å². The van der Waals surface area contributed by atoms with Gasteiger partial charge in [0.25, 0.3) is 0 Å². The third kappa shape index (κ3) is 7.10. The van der Waals surface area contributed by atoms with E-state index in [9.17, 15) is 4.79 Å². The molecule has 0 heterocycles. The van der Waals surface area contributed by atoms with Gasteiger partial charge in [0.1, 0.15) is 0 Å². The molecule has 12 heavy (non-hydrogen) atoms. The van der Waals surface area contributed by atoms with E-state index in [1.54, 1.807) is 7.05 Å². The van der Waals surface area contributed by atoms with E-state index < -0.39 is 0 Å². The Morgan fingerprint density at radius 1 is 1.50 bits per heavy atom. The van der Waals surface area contributed by atoms with Crippen LogP contribution in [0.4, 0.5) is 0 Å². The SMILES string of the molecule is C#CCCCCNC(=O)CNC. The zero-order chi connectivity index (χ0) is 9.23. The van der Waals surface area contributed by atoms with Gasteiger partial charge < -0.3 is 10.6 Å². The van der Waals surface area contributed by atoms with Crippen molar-refractivity contribution >= 4 is 5.91 Å². The monoisotopic (exact) mass is 168 g/mol. The Labute approximate surface area is 73.9 Å². The van der Waals surface area contributed by atoms with E-state index in [1.807, 2.05) is 0 Å². The largest absolute Gasteiger partial charge is 0.355 e. The molecule has 0 rings (SSSR count). The van der Waals surface area contributed by atoms with E-state index in [2.05, 4.69) is 16.6 Å². The molecule has 0 spiro atoms. The lowest BCUT2D eigenvalue weighted by Crippen LogP contribution is -2.32. The Morgan fingerprint density at radius 2 is 2.25 bits per heavy atom. The highest BCUT2D eigenvalue weighted by molar-refractivity contribution is 5.77. The van der Waals surface area contributed by atoms with Gasteiger partial charge in [-0.25, -0.2) is 0 Å². The molecular weight excluding hydrogens is 152 g/mol. The Balaban J connectivity index is 3.09. The number of terminal acetylenes is 1. The molecule has 0 saturated heterocycles. The van der Waals surface area contributed by atoms with Crippen LogP contribution in [0.15, 0.2) is 0 Å². The molecular formula is C9H16N2O. The van der Waals surface area contributed by atoms with Crippen LogP contribution in [0.5, 0.6) is 0 Å². The minimum atomic E-state index is 0.0400. The van der Waals surface area contributed by atoms with Crippen molar-refractivity contribution in [2.24, 2.45) is 0 Å². The lowest BCUT2D eigenvalue weighted by Gasteiger charge is -2.02. The van der Waals surface area contributed by atoms with Crippen LogP contribution in [-0.4, -0.2) is 26.0 Å². The van der Waals surface area contributed by atoms with Gasteiger partial charge >= 0.3 is 0 Å². The highest BCUT2D eigenvalue weighted by Gasteiger charge is 1.95. The third-order valence-electron chi connectivity index (χ3n) is 1.41. The number of hydrogen-bond donors (Lipinski definition) is 2. The summed E-state index contributed by atoms with van der Waals surface area (Å²) in [6.45, 7) is 1.11. The summed E-state index contributed by atoms with van der Waals surface area (Å²) in [5, 5.41) is 5.55. The molecule has 0 aliphatic carbocycles. The summed E-state index contributed by atoms with van der Waals surface area (Å²) in [6, 6.07) is 0. The second-order valence-corrected chi connectivity index (χ2v) is 2.54. The molecule has 0 atom stereocenters. The minimum absolute atomic E-state index is 0.0400. The van der Waals surface area contributed by atoms with Crippen molar-refractivity contribution in [1.29, 1.82) is 0 Å². The first-order valence-electron chi connectivity index (χ1n) is 4.16. The molecule has 0 aromatic heterocycles. The van der Waals surface area contributed by atoms with E-state index in [4.69, 9.17) is 6.42 Å². The number of likely N-dealkylation sites (N-methyl/N-ethyl adjacent to an activating group) is 1. The number of amides is 1. The van der Waals surface area contributed by atoms with E-state index in [0.717, 1.165) is 25.8 Å². The summed E-state index contributed by atoms with van der Waals surface area (Å²) >= 11 is 0. The van der Waals surface area contributed by atoms with Crippen molar-refractivity contribution in [3.63, 3.8) is 0 Å². The van der Waals surface area contributed by atoms with Crippen LogP contribution in [0, 0.1) is 12.3 Å². The summed E-state index contributed by atoms with van der Waals surface area (Å²) < 4.78 is 0. The molecule has 0 saturated carbocycles. The molecule has 3 heteroatoms. The fourth-order valence-electron chi connectivity index (χ4n) is 0.803. The Kier molecular flexibility index (Phi) is 7.41. The van der Waals surface area contributed by atoms with Crippen molar-refractivity contribution in [3.05, 3.63) is 0 Å². The van der Waals surface area contributed by atoms with Gasteiger partial charge in [-0.15, -0.1) is 12.3 Å². The van der Waals surface area contributed by atoms with Crippen LogP contribution in [-0.2, 0) is 4.79 Å². The highest BCUT2D eigenvalue weighted by Crippen LogP contribution is 1.90. The zero-order valence-electron chi connectivity index (χ0n) is 7.52. The van der Waals surface area contributed by atoms with E-state index in [0.29, 0.717) is 6.54 Å². The molecule has 0 fully saturated rings. The van der Waals surface area contributed by atoms with Gasteiger partial charge in [-0.05, 0) is 19.9 Å². The van der Waals surface area contributed by atoms with Crippen molar-refractivity contribution in [2.75, 3.05) is 20.1 Å². The van der Waals surface area contributed by atoms with E-state index in [1.165, 1.54) is 0 Å². The predicted molar refractivity (Wildman–Crippen MR) is 49.6 cm³/mol. The lowest BCUT2D eigenvalue weighted by atomic mass is 10.2. The standard InChI is InChI=1S/C9H16N2O/c1-3-4-5-6-7-11-9(12)8-10-2/h1,10H,4-8H2,2H3,(H,11,12). The summed E-state index contributed by atoms with van der Waals surface area (Å²) in [5.74, 6) is 2.60. The topological polar surface area (TPSA) is 41.1 Å². The molecule has 0 aliphatic rings. The zero-order valence-corrected chi connectivity index (χ0v) is 7.52. The molecule has 0 unspecified atom stereocenters. The molecule has 0 bridgehead atoms. The van der Waals surface area contributed by atoms with E-state index >= 15 is 0 Å². The average Bonchev–Trinajstić information content (AvgIpc) is 2.05. The first-order valence-corrected chi connectivity index (χ1v) is 4.16. The number of hydrogen-bond acceptors (Lipinski definition) is 2. The van der Waals surface area contributed by atoms with Gasteiger partial charge in [-0.2, -0.15) is 0 Å². The van der Waals surface area contributed by atoms with Gasteiger partial charge in [0, 0.05) is 13.0 Å². The van der Waals surface area contributed by atoms with E-state index in [-0.39, 0.29) is 5.91 Å².